The minimum atomic E-state index is -0.548. The summed E-state index contributed by atoms with van der Waals surface area (Å²) in [5.41, 5.74) is 3.87. The van der Waals surface area contributed by atoms with E-state index in [1.54, 1.807) is 24.5 Å². The lowest BCUT2D eigenvalue weighted by molar-refractivity contribution is -0.141. The average molecular weight is 388 g/mol. The van der Waals surface area contributed by atoms with Gasteiger partial charge >= 0.3 is 0 Å². The zero-order chi connectivity index (χ0) is 20.6. The summed E-state index contributed by atoms with van der Waals surface area (Å²) < 4.78 is 5.25. The van der Waals surface area contributed by atoms with E-state index in [4.69, 9.17) is 9.84 Å². The molecule has 2 heterocycles. The molecule has 0 N–H and O–H groups in total. The highest BCUT2D eigenvalue weighted by atomic mass is 16.5. The molecule has 1 aliphatic rings. The zero-order valence-corrected chi connectivity index (χ0v) is 17.1. The number of hydrogen-bond donors (Lipinski definition) is 0. The summed E-state index contributed by atoms with van der Waals surface area (Å²) in [6, 6.07) is 13.4. The molecule has 4 rings (SSSR count). The van der Waals surface area contributed by atoms with Crippen LogP contribution in [0.5, 0.6) is 5.75 Å². The third kappa shape index (κ3) is 3.58. The molecule has 0 aliphatic carbocycles. The first-order valence-corrected chi connectivity index (χ1v) is 9.63. The Balaban J connectivity index is 1.79. The number of methoxy groups -OCH3 is 1. The molecule has 1 aromatic heterocycles. The van der Waals surface area contributed by atoms with Gasteiger partial charge in [0, 0.05) is 29.8 Å². The summed E-state index contributed by atoms with van der Waals surface area (Å²) >= 11 is 0. The van der Waals surface area contributed by atoms with Crippen molar-refractivity contribution in [2.45, 2.75) is 33.2 Å². The van der Waals surface area contributed by atoms with Crippen molar-refractivity contribution in [3.05, 3.63) is 66.0 Å². The van der Waals surface area contributed by atoms with Gasteiger partial charge in [0.05, 0.1) is 29.9 Å². The van der Waals surface area contributed by atoms with Crippen molar-refractivity contribution in [2.24, 2.45) is 10.5 Å². The number of hydrazone groups is 1. The van der Waals surface area contributed by atoms with Crippen molar-refractivity contribution >= 4 is 22.7 Å². The Morgan fingerprint density at radius 2 is 1.79 bits per heavy atom. The molecule has 0 unspecified atom stereocenters. The molecular formula is C23H24N4O2. The lowest BCUT2D eigenvalue weighted by Crippen LogP contribution is -2.36. The zero-order valence-electron chi connectivity index (χ0n) is 17.1. The summed E-state index contributed by atoms with van der Waals surface area (Å²) in [5, 5.41) is 6.38. The maximum atomic E-state index is 13.2. The van der Waals surface area contributed by atoms with Gasteiger partial charge in [0.25, 0.3) is 0 Å². The van der Waals surface area contributed by atoms with Gasteiger partial charge in [0.1, 0.15) is 5.75 Å². The van der Waals surface area contributed by atoms with E-state index < -0.39 is 5.41 Å². The fourth-order valence-electron chi connectivity index (χ4n) is 3.53. The highest BCUT2D eigenvalue weighted by Crippen LogP contribution is 2.38. The van der Waals surface area contributed by atoms with Crippen molar-refractivity contribution in [1.82, 2.24) is 15.0 Å². The number of aromatic nitrogens is 2. The second-order valence-electron chi connectivity index (χ2n) is 8.17. The highest BCUT2D eigenvalue weighted by Gasteiger charge is 2.38. The largest absolute Gasteiger partial charge is 0.497 e. The van der Waals surface area contributed by atoms with Crippen LogP contribution >= 0.6 is 0 Å². The van der Waals surface area contributed by atoms with Gasteiger partial charge < -0.3 is 4.74 Å². The molecule has 1 amide bonds. The topological polar surface area (TPSA) is 67.7 Å². The molecule has 6 heteroatoms. The molecule has 0 saturated carbocycles. The van der Waals surface area contributed by atoms with Crippen LogP contribution in [-0.4, -0.2) is 33.7 Å². The SMILES string of the molecule is COc1ccc(C2=NN(C(=O)C(C)(C)C)[C@H](c3cccc4nccnc34)C2)cc1. The number of benzene rings is 2. The van der Waals surface area contributed by atoms with Crippen LogP contribution in [0.2, 0.25) is 0 Å². The van der Waals surface area contributed by atoms with Gasteiger partial charge in [-0.1, -0.05) is 32.9 Å². The fourth-order valence-corrected chi connectivity index (χ4v) is 3.53. The number of carbonyl (C=O) groups is 1. The monoisotopic (exact) mass is 388 g/mol. The van der Waals surface area contributed by atoms with Gasteiger partial charge in [0.15, 0.2) is 0 Å². The van der Waals surface area contributed by atoms with E-state index in [1.807, 2.05) is 63.2 Å². The van der Waals surface area contributed by atoms with Crippen LogP contribution in [0.1, 0.15) is 44.4 Å². The summed E-state index contributed by atoms with van der Waals surface area (Å²) in [7, 11) is 1.64. The van der Waals surface area contributed by atoms with Crippen LogP contribution in [-0.2, 0) is 4.79 Å². The first-order valence-electron chi connectivity index (χ1n) is 9.63. The Morgan fingerprint density at radius 3 is 2.48 bits per heavy atom. The lowest BCUT2D eigenvalue weighted by atomic mass is 9.92. The van der Waals surface area contributed by atoms with E-state index in [-0.39, 0.29) is 11.9 Å². The summed E-state index contributed by atoms with van der Waals surface area (Å²) in [5.74, 6) is 0.766. The number of amides is 1. The molecule has 2 aromatic carbocycles. The molecule has 29 heavy (non-hydrogen) atoms. The Kier molecular flexibility index (Phi) is 4.78. The number of ether oxygens (including phenoxy) is 1. The molecule has 1 atom stereocenters. The Morgan fingerprint density at radius 1 is 1.07 bits per heavy atom. The number of carbonyl (C=O) groups excluding carboxylic acids is 1. The molecule has 0 fully saturated rings. The van der Waals surface area contributed by atoms with Crippen LogP contribution in [0.15, 0.2) is 60.0 Å². The molecular weight excluding hydrogens is 364 g/mol. The number of para-hydroxylation sites is 1. The average Bonchev–Trinajstić information content (AvgIpc) is 3.17. The predicted octanol–water partition coefficient (Wildman–Crippen LogP) is 4.36. The minimum Gasteiger partial charge on any atom is -0.497 e. The van der Waals surface area contributed by atoms with Gasteiger partial charge in [0.2, 0.25) is 5.91 Å². The van der Waals surface area contributed by atoms with Crippen LogP contribution < -0.4 is 4.74 Å². The summed E-state index contributed by atoms with van der Waals surface area (Å²) in [4.78, 5) is 22.2. The maximum Gasteiger partial charge on any atom is 0.248 e. The molecule has 3 aromatic rings. The molecule has 0 saturated heterocycles. The Bertz CT molecular complexity index is 1080. The van der Waals surface area contributed by atoms with Crippen molar-refractivity contribution < 1.29 is 9.53 Å². The molecule has 0 spiro atoms. The molecule has 0 bridgehead atoms. The maximum absolute atomic E-state index is 13.2. The van der Waals surface area contributed by atoms with Crippen LogP contribution in [0, 0.1) is 5.41 Å². The smallest absolute Gasteiger partial charge is 0.248 e. The van der Waals surface area contributed by atoms with Crippen LogP contribution in [0.3, 0.4) is 0 Å². The first-order chi connectivity index (χ1) is 13.9. The molecule has 0 radical (unpaired) electrons. The van der Waals surface area contributed by atoms with E-state index in [0.29, 0.717) is 6.42 Å². The summed E-state index contributed by atoms with van der Waals surface area (Å²) in [6.45, 7) is 5.74. The Hall–Kier alpha value is -3.28. The summed E-state index contributed by atoms with van der Waals surface area (Å²) in [6.07, 6.45) is 3.98. The van der Waals surface area contributed by atoms with Crippen LogP contribution in [0.25, 0.3) is 11.0 Å². The minimum absolute atomic E-state index is 0.0214. The second-order valence-corrected chi connectivity index (χ2v) is 8.17. The Labute approximate surface area is 170 Å². The number of fused-ring (bicyclic) bond motifs is 1. The second kappa shape index (κ2) is 7.28. The van der Waals surface area contributed by atoms with Crippen molar-refractivity contribution in [3.63, 3.8) is 0 Å². The van der Waals surface area contributed by atoms with E-state index in [1.165, 1.54) is 0 Å². The normalized spacial score (nSPS) is 16.8. The van der Waals surface area contributed by atoms with Crippen molar-refractivity contribution in [1.29, 1.82) is 0 Å². The van der Waals surface area contributed by atoms with Crippen LogP contribution in [0.4, 0.5) is 0 Å². The van der Waals surface area contributed by atoms with Crippen molar-refractivity contribution in [2.75, 3.05) is 7.11 Å². The standard InChI is InChI=1S/C23H24N4O2/c1-23(2,3)22(28)27-20(17-6-5-7-18-21(17)25-13-12-24-18)14-19(26-27)15-8-10-16(29-4)11-9-15/h5-13,20H,14H2,1-4H3/t20-/m0/s1. The van der Waals surface area contributed by atoms with Gasteiger partial charge in [-0.05, 0) is 35.9 Å². The molecule has 6 nitrogen and oxygen atoms in total. The van der Waals surface area contributed by atoms with E-state index in [9.17, 15) is 4.79 Å². The quantitative estimate of drug-likeness (QED) is 0.668. The number of rotatable bonds is 3. The van der Waals surface area contributed by atoms with Gasteiger partial charge in [-0.25, -0.2) is 5.01 Å². The van der Waals surface area contributed by atoms with Gasteiger partial charge in [-0.2, -0.15) is 5.10 Å². The third-order valence-corrected chi connectivity index (χ3v) is 5.07. The predicted molar refractivity (Wildman–Crippen MR) is 113 cm³/mol. The van der Waals surface area contributed by atoms with E-state index in [0.717, 1.165) is 33.6 Å². The molecule has 1 aliphatic heterocycles. The van der Waals surface area contributed by atoms with Gasteiger partial charge in [-0.3, -0.25) is 14.8 Å². The number of nitrogens with zero attached hydrogens (tertiary/aromatic N) is 4. The fraction of sp³-hybridized carbons (Fsp3) is 0.304. The van der Waals surface area contributed by atoms with E-state index in [2.05, 4.69) is 9.97 Å². The highest BCUT2D eigenvalue weighted by molar-refractivity contribution is 6.04. The number of hydrogen-bond acceptors (Lipinski definition) is 5. The van der Waals surface area contributed by atoms with Gasteiger partial charge in [-0.15, -0.1) is 0 Å². The lowest BCUT2D eigenvalue weighted by Gasteiger charge is -2.28. The first kappa shape index (κ1) is 19.1. The molecule has 148 valence electrons. The third-order valence-electron chi connectivity index (χ3n) is 5.07. The van der Waals surface area contributed by atoms with Crippen molar-refractivity contribution in [3.8, 4) is 5.75 Å². The van der Waals surface area contributed by atoms with E-state index >= 15 is 0 Å².